The number of hydrogen-bond donors (Lipinski definition) is 1. The molecule has 3 rings (SSSR count). The molecule has 2 aromatic rings. The molecule has 1 saturated heterocycles. The lowest BCUT2D eigenvalue weighted by atomic mass is 10.2. The van der Waals surface area contributed by atoms with Gasteiger partial charge in [-0.3, -0.25) is 9.79 Å². The summed E-state index contributed by atoms with van der Waals surface area (Å²) < 4.78 is 5.33. The van der Waals surface area contributed by atoms with Crippen LogP contribution >= 0.6 is 11.6 Å². The summed E-state index contributed by atoms with van der Waals surface area (Å²) in [5.41, 5.74) is 0.822. The quantitative estimate of drug-likeness (QED) is 0.606. The molecule has 1 aromatic carbocycles. The van der Waals surface area contributed by atoms with Gasteiger partial charge in [-0.15, -0.1) is 0 Å². The third kappa shape index (κ3) is 5.22. The van der Waals surface area contributed by atoms with Gasteiger partial charge in [0.05, 0.1) is 6.54 Å². The summed E-state index contributed by atoms with van der Waals surface area (Å²) in [6.07, 6.45) is 0.551. The van der Waals surface area contributed by atoms with E-state index < -0.39 is 0 Å². The van der Waals surface area contributed by atoms with Gasteiger partial charge in [-0.05, 0) is 19.1 Å². The third-order valence-corrected chi connectivity index (χ3v) is 4.73. The Morgan fingerprint density at radius 3 is 2.71 bits per heavy atom. The Labute approximate surface area is 169 Å². The van der Waals surface area contributed by atoms with E-state index in [9.17, 15) is 4.79 Å². The highest BCUT2D eigenvalue weighted by molar-refractivity contribution is 6.30. The van der Waals surface area contributed by atoms with Crippen molar-refractivity contribution in [2.75, 3.05) is 39.3 Å². The number of guanidine groups is 1. The minimum Gasteiger partial charge on any atom is -0.357 e. The summed E-state index contributed by atoms with van der Waals surface area (Å²) in [4.78, 5) is 24.6. The summed E-state index contributed by atoms with van der Waals surface area (Å²) in [6.45, 7) is 7.93. The van der Waals surface area contributed by atoms with E-state index in [1.807, 2.05) is 24.0 Å². The number of benzene rings is 1. The summed E-state index contributed by atoms with van der Waals surface area (Å²) in [5, 5.41) is 7.96. The predicted octanol–water partition coefficient (Wildman–Crippen LogP) is 2.06. The molecule has 0 atom stereocenters. The largest absolute Gasteiger partial charge is 0.357 e. The fraction of sp³-hybridized carbons (Fsp3) is 0.474. The van der Waals surface area contributed by atoms with Crippen LogP contribution in [0, 0.1) is 0 Å². The standard InChI is InChI=1S/C19H25ClN6O2/c1-3-21-19(26-11-9-25(10-12-26)14(2)27)22-8-7-17-23-18(24-28-17)15-5-4-6-16(20)13-15/h4-6,13H,3,7-12H2,1-2H3,(H,21,22). The first-order valence-electron chi connectivity index (χ1n) is 9.44. The van der Waals surface area contributed by atoms with Crippen molar-refractivity contribution in [1.82, 2.24) is 25.3 Å². The minimum absolute atomic E-state index is 0.119. The van der Waals surface area contributed by atoms with Crippen LogP contribution in [0.5, 0.6) is 0 Å². The summed E-state index contributed by atoms with van der Waals surface area (Å²) in [5.74, 6) is 2.03. The summed E-state index contributed by atoms with van der Waals surface area (Å²) >= 11 is 6.01. The first kappa shape index (κ1) is 20.1. The first-order valence-corrected chi connectivity index (χ1v) is 9.82. The van der Waals surface area contributed by atoms with Crippen LogP contribution in [0.25, 0.3) is 11.4 Å². The zero-order valence-electron chi connectivity index (χ0n) is 16.2. The normalized spacial score (nSPS) is 15.0. The number of aromatic nitrogens is 2. The second kappa shape index (κ2) is 9.54. The third-order valence-electron chi connectivity index (χ3n) is 4.50. The molecule has 1 aliphatic rings. The van der Waals surface area contributed by atoms with Gasteiger partial charge in [0, 0.05) is 56.7 Å². The highest BCUT2D eigenvalue weighted by Gasteiger charge is 2.20. The molecule has 150 valence electrons. The lowest BCUT2D eigenvalue weighted by Crippen LogP contribution is -2.53. The van der Waals surface area contributed by atoms with E-state index in [1.165, 1.54) is 0 Å². The molecule has 0 spiro atoms. The van der Waals surface area contributed by atoms with Crippen molar-refractivity contribution in [1.29, 1.82) is 0 Å². The molecule has 9 heteroatoms. The van der Waals surface area contributed by atoms with Crippen LogP contribution in [0.3, 0.4) is 0 Å². The zero-order valence-corrected chi connectivity index (χ0v) is 16.9. The average molecular weight is 405 g/mol. The minimum atomic E-state index is 0.119. The second-order valence-corrected chi connectivity index (χ2v) is 6.94. The highest BCUT2D eigenvalue weighted by atomic mass is 35.5. The van der Waals surface area contributed by atoms with Gasteiger partial charge in [-0.1, -0.05) is 28.9 Å². The maximum absolute atomic E-state index is 11.5. The number of hydrogen-bond acceptors (Lipinski definition) is 5. The Balaban J connectivity index is 1.58. The highest BCUT2D eigenvalue weighted by Crippen LogP contribution is 2.20. The molecular weight excluding hydrogens is 380 g/mol. The van der Waals surface area contributed by atoms with E-state index in [0.29, 0.717) is 42.8 Å². The Morgan fingerprint density at radius 2 is 2.04 bits per heavy atom. The SMILES string of the molecule is CCNC(=NCCc1nc(-c2cccc(Cl)c2)no1)N1CCN(C(C)=O)CC1. The fourth-order valence-corrected chi connectivity index (χ4v) is 3.21. The van der Waals surface area contributed by atoms with Gasteiger partial charge in [-0.2, -0.15) is 4.98 Å². The Hall–Kier alpha value is -2.61. The molecule has 1 aromatic heterocycles. The van der Waals surface area contributed by atoms with Crippen LogP contribution in [-0.4, -0.2) is 71.1 Å². The van der Waals surface area contributed by atoms with Crippen LogP contribution in [0.1, 0.15) is 19.7 Å². The fourth-order valence-electron chi connectivity index (χ4n) is 3.02. The first-order chi connectivity index (χ1) is 13.6. The molecule has 0 bridgehead atoms. The van der Waals surface area contributed by atoms with Crippen molar-refractivity contribution in [3.05, 3.63) is 35.2 Å². The number of aliphatic imine (C=N–C) groups is 1. The maximum Gasteiger partial charge on any atom is 0.228 e. The average Bonchev–Trinajstić information content (AvgIpc) is 3.16. The molecule has 28 heavy (non-hydrogen) atoms. The number of rotatable bonds is 5. The van der Waals surface area contributed by atoms with Gasteiger partial charge in [0.15, 0.2) is 5.96 Å². The van der Waals surface area contributed by atoms with E-state index >= 15 is 0 Å². The van der Waals surface area contributed by atoms with Gasteiger partial charge in [0.1, 0.15) is 0 Å². The topological polar surface area (TPSA) is 86.9 Å². The Kier molecular flexibility index (Phi) is 6.86. The molecule has 0 unspecified atom stereocenters. The Bertz CT molecular complexity index is 829. The van der Waals surface area contributed by atoms with Crippen LogP contribution in [0.15, 0.2) is 33.8 Å². The number of carbonyl (C=O) groups is 1. The van der Waals surface area contributed by atoms with Crippen LogP contribution in [0.2, 0.25) is 5.02 Å². The van der Waals surface area contributed by atoms with Gasteiger partial charge < -0.3 is 19.6 Å². The number of halogens is 1. The van der Waals surface area contributed by atoms with Crippen molar-refractivity contribution in [3.8, 4) is 11.4 Å². The molecular formula is C19H25ClN6O2. The monoisotopic (exact) mass is 404 g/mol. The van der Waals surface area contributed by atoms with E-state index in [-0.39, 0.29) is 5.91 Å². The van der Waals surface area contributed by atoms with E-state index in [4.69, 9.17) is 16.1 Å². The molecule has 1 amide bonds. The molecule has 8 nitrogen and oxygen atoms in total. The van der Waals surface area contributed by atoms with E-state index in [2.05, 4.69) is 25.3 Å². The molecule has 1 aliphatic heterocycles. The van der Waals surface area contributed by atoms with E-state index in [0.717, 1.165) is 31.2 Å². The van der Waals surface area contributed by atoms with Gasteiger partial charge >= 0.3 is 0 Å². The maximum atomic E-state index is 11.5. The second-order valence-electron chi connectivity index (χ2n) is 6.50. The van der Waals surface area contributed by atoms with Crippen LogP contribution < -0.4 is 5.32 Å². The van der Waals surface area contributed by atoms with Gasteiger partial charge in [0.2, 0.25) is 17.6 Å². The van der Waals surface area contributed by atoms with Crippen molar-refractivity contribution in [2.45, 2.75) is 20.3 Å². The number of nitrogens with zero attached hydrogens (tertiary/aromatic N) is 5. The molecule has 0 aliphatic carbocycles. The predicted molar refractivity (Wildman–Crippen MR) is 108 cm³/mol. The lowest BCUT2D eigenvalue weighted by molar-refractivity contribution is -0.130. The molecule has 0 radical (unpaired) electrons. The zero-order chi connectivity index (χ0) is 19.9. The van der Waals surface area contributed by atoms with Crippen LogP contribution in [-0.2, 0) is 11.2 Å². The molecule has 2 heterocycles. The van der Waals surface area contributed by atoms with Crippen molar-refractivity contribution in [3.63, 3.8) is 0 Å². The van der Waals surface area contributed by atoms with Crippen molar-refractivity contribution in [2.24, 2.45) is 4.99 Å². The number of piperazine rings is 1. The summed E-state index contributed by atoms with van der Waals surface area (Å²) in [6, 6.07) is 7.35. The van der Waals surface area contributed by atoms with E-state index in [1.54, 1.807) is 19.1 Å². The Morgan fingerprint density at radius 1 is 1.29 bits per heavy atom. The number of amides is 1. The summed E-state index contributed by atoms with van der Waals surface area (Å²) in [7, 11) is 0. The molecule has 0 saturated carbocycles. The molecule has 1 N–H and O–H groups in total. The lowest BCUT2D eigenvalue weighted by Gasteiger charge is -2.36. The van der Waals surface area contributed by atoms with Crippen LogP contribution in [0.4, 0.5) is 0 Å². The number of carbonyl (C=O) groups excluding carboxylic acids is 1. The van der Waals surface area contributed by atoms with Gasteiger partial charge in [0.25, 0.3) is 0 Å². The van der Waals surface area contributed by atoms with Crippen molar-refractivity contribution < 1.29 is 9.32 Å². The van der Waals surface area contributed by atoms with Gasteiger partial charge in [-0.25, -0.2) is 0 Å². The number of nitrogens with one attached hydrogen (secondary N) is 1. The molecule has 1 fully saturated rings. The van der Waals surface area contributed by atoms with Crippen molar-refractivity contribution >= 4 is 23.5 Å². The smallest absolute Gasteiger partial charge is 0.228 e.